The number of benzene rings is 1. The molecule has 1 aromatic carbocycles. The minimum Gasteiger partial charge on any atom is -0.478 e. The number of carbonyl (C=O) groups is 3. The number of ketones is 1. The van der Waals surface area contributed by atoms with E-state index in [4.69, 9.17) is 16.3 Å². The molecular weight excluding hydrogens is 383 g/mol. The minimum atomic E-state index is -1.03. The van der Waals surface area contributed by atoms with Crippen LogP contribution < -0.4 is 15.6 Å². The zero-order chi connectivity index (χ0) is 19.1. The number of ether oxygens (including phenoxy) is 1. The lowest BCUT2D eigenvalue weighted by molar-refractivity contribution is -0.132. The fourth-order valence-electron chi connectivity index (χ4n) is 1.89. The number of rotatable bonds is 7. The third-order valence-electron chi connectivity index (χ3n) is 3.26. The molecule has 0 aliphatic carbocycles. The van der Waals surface area contributed by atoms with Gasteiger partial charge in [-0.05, 0) is 31.2 Å². The number of Topliss-reactive ketones (excluding diaryl/α,β-unsaturated/α-hetero) is 1. The highest BCUT2D eigenvalue weighted by molar-refractivity contribution is 7.18. The molecule has 1 atom stereocenters. The lowest BCUT2D eigenvalue weighted by atomic mass is 10.2. The largest absolute Gasteiger partial charge is 0.478 e. The molecule has 2 N–H and O–H groups in total. The Labute approximate surface area is 158 Å². The summed E-state index contributed by atoms with van der Waals surface area (Å²) in [6, 6.07) is 8.87. The average molecular weight is 399 g/mol. The zero-order valence-corrected chi connectivity index (χ0v) is 15.3. The normalized spacial score (nSPS) is 11.5. The van der Waals surface area contributed by atoms with Crippen LogP contribution >= 0.6 is 22.9 Å². The third-order valence-corrected chi connectivity index (χ3v) is 4.53. The van der Waals surface area contributed by atoms with Gasteiger partial charge in [-0.2, -0.15) is 0 Å². The molecule has 0 bridgehead atoms. The highest BCUT2D eigenvalue weighted by Crippen LogP contribution is 2.22. The Kier molecular flexibility index (Phi) is 7.11. The van der Waals surface area contributed by atoms with Crippen molar-refractivity contribution >= 4 is 40.5 Å². The minimum absolute atomic E-state index is 0.0141. The fraction of sp³-hybridized carbons (Fsp3) is 0.235. The van der Waals surface area contributed by atoms with E-state index in [1.54, 1.807) is 18.2 Å². The van der Waals surface area contributed by atoms with Crippen LogP contribution in [0.4, 0.5) is 4.39 Å². The quantitative estimate of drug-likeness (QED) is 0.554. The van der Waals surface area contributed by atoms with Crippen LogP contribution in [0.15, 0.2) is 36.4 Å². The highest BCUT2D eigenvalue weighted by Gasteiger charge is 2.17. The van der Waals surface area contributed by atoms with Gasteiger partial charge in [0.2, 0.25) is 5.91 Å². The van der Waals surface area contributed by atoms with Crippen LogP contribution in [0.25, 0.3) is 0 Å². The van der Waals surface area contributed by atoms with E-state index < -0.39 is 23.7 Å². The van der Waals surface area contributed by atoms with Crippen molar-refractivity contribution in [3.63, 3.8) is 0 Å². The van der Waals surface area contributed by atoms with Crippen LogP contribution in [-0.2, 0) is 9.59 Å². The number of hydrogen-bond acceptors (Lipinski definition) is 5. The van der Waals surface area contributed by atoms with Gasteiger partial charge in [0.15, 0.2) is 23.5 Å². The monoisotopic (exact) mass is 398 g/mol. The molecule has 1 heterocycles. The van der Waals surface area contributed by atoms with E-state index in [1.165, 1.54) is 25.1 Å². The summed E-state index contributed by atoms with van der Waals surface area (Å²) in [5, 5.41) is 0. The van der Waals surface area contributed by atoms with E-state index in [0.29, 0.717) is 9.21 Å². The van der Waals surface area contributed by atoms with Gasteiger partial charge in [-0.3, -0.25) is 25.2 Å². The molecule has 9 heteroatoms. The van der Waals surface area contributed by atoms with E-state index >= 15 is 0 Å². The van der Waals surface area contributed by atoms with Crippen molar-refractivity contribution in [2.24, 2.45) is 0 Å². The summed E-state index contributed by atoms with van der Waals surface area (Å²) in [5.41, 5.74) is 4.36. The van der Waals surface area contributed by atoms with Crippen LogP contribution in [0.5, 0.6) is 5.75 Å². The van der Waals surface area contributed by atoms with Gasteiger partial charge in [-0.25, -0.2) is 4.39 Å². The lowest BCUT2D eigenvalue weighted by Gasteiger charge is -2.15. The Balaban J connectivity index is 1.73. The Hall–Kier alpha value is -2.45. The van der Waals surface area contributed by atoms with Crippen molar-refractivity contribution < 1.29 is 23.5 Å². The van der Waals surface area contributed by atoms with Gasteiger partial charge < -0.3 is 4.74 Å². The summed E-state index contributed by atoms with van der Waals surface area (Å²) >= 11 is 6.89. The van der Waals surface area contributed by atoms with Gasteiger partial charge in [0, 0.05) is 12.8 Å². The summed E-state index contributed by atoms with van der Waals surface area (Å²) in [6.45, 7) is 1.41. The molecule has 6 nitrogen and oxygen atoms in total. The van der Waals surface area contributed by atoms with Gasteiger partial charge in [-0.15, -0.1) is 11.3 Å². The molecule has 2 aromatic rings. The second-order valence-corrected chi connectivity index (χ2v) is 6.97. The molecular formula is C17H16ClFN2O4S. The van der Waals surface area contributed by atoms with Gasteiger partial charge in [-0.1, -0.05) is 23.7 Å². The van der Waals surface area contributed by atoms with Crippen LogP contribution in [0.3, 0.4) is 0 Å². The van der Waals surface area contributed by atoms with Crippen molar-refractivity contribution in [3.05, 3.63) is 51.4 Å². The molecule has 26 heavy (non-hydrogen) atoms. The summed E-state index contributed by atoms with van der Waals surface area (Å²) < 4.78 is 19.2. The topological polar surface area (TPSA) is 84.5 Å². The van der Waals surface area contributed by atoms with Crippen molar-refractivity contribution in [1.29, 1.82) is 0 Å². The number of hydrazine groups is 1. The molecule has 1 unspecified atom stereocenters. The van der Waals surface area contributed by atoms with Crippen LogP contribution in [0.2, 0.25) is 4.34 Å². The number of thiophene rings is 1. The second kappa shape index (κ2) is 9.30. The average Bonchev–Trinajstić information content (AvgIpc) is 3.06. The molecule has 0 aliphatic rings. The summed E-state index contributed by atoms with van der Waals surface area (Å²) in [5.74, 6) is -2.06. The molecule has 2 amide bonds. The Bertz CT molecular complexity index is 812. The number of halogens is 2. The van der Waals surface area contributed by atoms with Crippen molar-refractivity contribution in [3.8, 4) is 5.75 Å². The summed E-state index contributed by atoms with van der Waals surface area (Å²) in [4.78, 5) is 35.9. The van der Waals surface area contributed by atoms with Gasteiger partial charge >= 0.3 is 0 Å². The molecule has 138 valence electrons. The molecule has 0 saturated heterocycles. The SMILES string of the molecule is CC(Oc1ccccc1F)C(=O)NNC(=O)CCC(=O)c1ccc(Cl)s1. The maximum atomic E-state index is 13.5. The summed E-state index contributed by atoms with van der Waals surface area (Å²) in [7, 11) is 0. The predicted octanol–water partition coefficient (Wildman–Crippen LogP) is 3.12. The van der Waals surface area contributed by atoms with Crippen molar-refractivity contribution in [2.45, 2.75) is 25.9 Å². The number of para-hydroxylation sites is 1. The highest BCUT2D eigenvalue weighted by atomic mass is 35.5. The summed E-state index contributed by atoms with van der Waals surface area (Å²) in [6.07, 6.45) is -1.14. The van der Waals surface area contributed by atoms with E-state index in [-0.39, 0.29) is 24.4 Å². The molecule has 0 fully saturated rings. The van der Waals surface area contributed by atoms with Crippen LogP contribution in [0.1, 0.15) is 29.4 Å². The zero-order valence-electron chi connectivity index (χ0n) is 13.8. The van der Waals surface area contributed by atoms with Crippen LogP contribution in [0, 0.1) is 5.82 Å². The first kappa shape index (κ1) is 19.9. The van der Waals surface area contributed by atoms with Gasteiger partial charge in [0.1, 0.15) is 0 Å². The smallest absolute Gasteiger partial charge is 0.279 e. The molecule has 2 rings (SSSR count). The third kappa shape index (κ3) is 5.82. The number of nitrogens with one attached hydrogen (secondary N) is 2. The number of hydrogen-bond donors (Lipinski definition) is 2. The predicted molar refractivity (Wildman–Crippen MR) is 95.7 cm³/mol. The molecule has 0 aliphatic heterocycles. The fourth-order valence-corrected chi connectivity index (χ4v) is 2.90. The number of carbonyl (C=O) groups excluding carboxylic acids is 3. The standard InChI is InChI=1S/C17H16ClFN2O4S/c1-10(25-13-5-3-2-4-11(13)19)17(24)21-20-16(23)9-6-12(22)14-7-8-15(18)26-14/h2-5,7-8,10H,6,9H2,1H3,(H,20,23)(H,21,24). The number of amides is 2. The molecule has 0 spiro atoms. The Morgan fingerprint density at radius 2 is 1.88 bits per heavy atom. The van der Waals surface area contributed by atoms with E-state index in [9.17, 15) is 18.8 Å². The molecule has 0 radical (unpaired) electrons. The Morgan fingerprint density at radius 1 is 1.15 bits per heavy atom. The van der Waals surface area contributed by atoms with Gasteiger partial charge in [0.25, 0.3) is 5.91 Å². The van der Waals surface area contributed by atoms with Gasteiger partial charge in [0.05, 0.1) is 9.21 Å². The Morgan fingerprint density at radius 3 is 2.54 bits per heavy atom. The van der Waals surface area contributed by atoms with Crippen LogP contribution in [-0.4, -0.2) is 23.7 Å². The van der Waals surface area contributed by atoms with Crippen molar-refractivity contribution in [1.82, 2.24) is 10.9 Å². The first-order chi connectivity index (χ1) is 12.4. The first-order valence-corrected chi connectivity index (χ1v) is 8.84. The molecule has 0 saturated carbocycles. The first-order valence-electron chi connectivity index (χ1n) is 7.65. The van der Waals surface area contributed by atoms with Crippen molar-refractivity contribution in [2.75, 3.05) is 0 Å². The maximum absolute atomic E-state index is 13.5. The maximum Gasteiger partial charge on any atom is 0.279 e. The molecule has 1 aromatic heterocycles. The van der Waals surface area contributed by atoms with E-state index in [1.807, 2.05) is 0 Å². The van der Waals surface area contributed by atoms with E-state index in [2.05, 4.69) is 10.9 Å². The lowest BCUT2D eigenvalue weighted by Crippen LogP contribution is -2.47. The second-order valence-electron chi connectivity index (χ2n) is 5.25. The van der Waals surface area contributed by atoms with E-state index in [0.717, 1.165) is 11.3 Å².